The lowest BCUT2D eigenvalue weighted by atomic mass is 10.1. The summed E-state index contributed by atoms with van der Waals surface area (Å²) in [4.78, 5) is 24.2. The summed E-state index contributed by atoms with van der Waals surface area (Å²) in [5.41, 5.74) is 7.11. The number of nitrogens with one attached hydrogen (secondary N) is 1. The second-order valence-electron chi connectivity index (χ2n) is 4.20. The minimum atomic E-state index is -1.00. The maximum atomic E-state index is 11.5. The van der Waals surface area contributed by atoms with Crippen molar-refractivity contribution in [3.05, 3.63) is 23.8 Å². The molecule has 0 aromatic heterocycles. The Morgan fingerprint density at radius 1 is 1.44 bits per heavy atom. The topological polar surface area (TPSA) is 95.7 Å². The average Bonchev–Trinajstić information content (AvgIpc) is 2.54. The molecule has 4 N–H and O–H groups in total. The molecular weight excluding hydrogens is 234 g/mol. The van der Waals surface area contributed by atoms with E-state index in [9.17, 15) is 9.59 Å². The van der Waals surface area contributed by atoms with Crippen molar-refractivity contribution in [3.63, 3.8) is 0 Å². The van der Waals surface area contributed by atoms with Crippen LogP contribution in [-0.2, 0) is 4.79 Å². The zero-order chi connectivity index (χ0) is 13.1. The summed E-state index contributed by atoms with van der Waals surface area (Å²) < 4.78 is 0. The van der Waals surface area contributed by atoms with Crippen molar-refractivity contribution >= 4 is 23.3 Å². The van der Waals surface area contributed by atoms with Gasteiger partial charge in [-0.05, 0) is 24.6 Å². The van der Waals surface area contributed by atoms with E-state index in [1.807, 2.05) is 4.90 Å². The highest BCUT2D eigenvalue weighted by Crippen LogP contribution is 2.25. The van der Waals surface area contributed by atoms with Crippen LogP contribution < -0.4 is 16.0 Å². The highest BCUT2D eigenvalue weighted by molar-refractivity contribution is 5.91. The Kier molecular flexibility index (Phi) is 3.36. The fraction of sp³-hybridized carbons (Fsp3) is 0.333. The number of aromatic carboxylic acids is 1. The third-order valence-corrected chi connectivity index (χ3v) is 2.88. The highest BCUT2D eigenvalue weighted by atomic mass is 16.4. The van der Waals surface area contributed by atoms with Gasteiger partial charge in [0.15, 0.2) is 0 Å². The summed E-state index contributed by atoms with van der Waals surface area (Å²) in [6, 6.07) is 4.52. The van der Waals surface area contributed by atoms with Crippen molar-refractivity contribution in [1.82, 2.24) is 5.32 Å². The fourth-order valence-electron chi connectivity index (χ4n) is 1.96. The summed E-state index contributed by atoms with van der Waals surface area (Å²) in [5.74, 6) is -1.08. The Morgan fingerprint density at radius 2 is 2.22 bits per heavy atom. The first-order chi connectivity index (χ1) is 8.58. The van der Waals surface area contributed by atoms with Gasteiger partial charge in [-0.2, -0.15) is 0 Å². The minimum Gasteiger partial charge on any atom is -0.478 e. The number of nitrogen functional groups attached to an aromatic ring is 1. The molecule has 1 saturated heterocycles. The monoisotopic (exact) mass is 249 g/mol. The number of anilines is 2. The molecule has 2 rings (SSSR count). The van der Waals surface area contributed by atoms with E-state index in [4.69, 9.17) is 10.8 Å². The van der Waals surface area contributed by atoms with Gasteiger partial charge in [0, 0.05) is 13.1 Å². The smallest absolute Gasteiger partial charge is 0.335 e. The van der Waals surface area contributed by atoms with Gasteiger partial charge in [-0.1, -0.05) is 0 Å². The molecule has 96 valence electrons. The van der Waals surface area contributed by atoms with Crippen LogP contribution in [0.2, 0.25) is 0 Å². The number of hydrogen-bond donors (Lipinski definition) is 3. The van der Waals surface area contributed by atoms with Gasteiger partial charge < -0.3 is 21.1 Å². The molecule has 1 aliphatic heterocycles. The van der Waals surface area contributed by atoms with Crippen molar-refractivity contribution in [2.75, 3.05) is 30.3 Å². The van der Waals surface area contributed by atoms with Gasteiger partial charge in [0.2, 0.25) is 5.91 Å². The fourth-order valence-corrected chi connectivity index (χ4v) is 1.96. The van der Waals surface area contributed by atoms with Crippen LogP contribution in [0.15, 0.2) is 18.2 Å². The minimum absolute atomic E-state index is 0.0763. The number of hydrogen-bond acceptors (Lipinski definition) is 4. The summed E-state index contributed by atoms with van der Waals surface area (Å²) in [5, 5.41) is 11.7. The Morgan fingerprint density at radius 3 is 2.94 bits per heavy atom. The van der Waals surface area contributed by atoms with E-state index in [-0.39, 0.29) is 18.0 Å². The second-order valence-corrected chi connectivity index (χ2v) is 4.20. The largest absolute Gasteiger partial charge is 0.478 e. The predicted octanol–water partition coefficient (Wildman–Crippen LogP) is 0.293. The molecule has 1 aromatic rings. The molecular formula is C12H15N3O3. The standard InChI is InChI=1S/C12H15N3O3/c13-9-3-2-8(12(17)18)6-10(9)15-5-1-4-14-11(16)7-15/h2-3,6H,1,4-5,7,13H2,(H,14,16)(H,17,18). The van der Waals surface area contributed by atoms with Crippen LogP contribution in [0.25, 0.3) is 0 Å². The molecule has 0 unspecified atom stereocenters. The number of carbonyl (C=O) groups excluding carboxylic acids is 1. The highest BCUT2D eigenvalue weighted by Gasteiger charge is 2.18. The van der Waals surface area contributed by atoms with E-state index < -0.39 is 5.97 Å². The maximum absolute atomic E-state index is 11.5. The van der Waals surface area contributed by atoms with Gasteiger partial charge >= 0.3 is 5.97 Å². The summed E-state index contributed by atoms with van der Waals surface area (Å²) in [7, 11) is 0. The van der Waals surface area contributed by atoms with E-state index in [0.29, 0.717) is 24.5 Å². The van der Waals surface area contributed by atoms with Gasteiger partial charge in [0.05, 0.1) is 23.5 Å². The third-order valence-electron chi connectivity index (χ3n) is 2.88. The Labute approximate surface area is 104 Å². The lowest BCUT2D eigenvalue weighted by molar-refractivity contribution is -0.119. The lowest BCUT2D eigenvalue weighted by Gasteiger charge is -2.23. The van der Waals surface area contributed by atoms with Gasteiger partial charge in [0.25, 0.3) is 0 Å². The van der Waals surface area contributed by atoms with E-state index in [2.05, 4.69) is 5.32 Å². The number of carboxylic acid groups (broad SMARTS) is 1. The van der Waals surface area contributed by atoms with Gasteiger partial charge in [0.1, 0.15) is 0 Å². The van der Waals surface area contributed by atoms with Gasteiger partial charge in [-0.15, -0.1) is 0 Å². The molecule has 18 heavy (non-hydrogen) atoms. The van der Waals surface area contributed by atoms with Crippen molar-refractivity contribution in [2.45, 2.75) is 6.42 Å². The molecule has 1 fully saturated rings. The van der Waals surface area contributed by atoms with Crippen LogP contribution in [0.3, 0.4) is 0 Å². The van der Waals surface area contributed by atoms with Crippen molar-refractivity contribution in [1.29, 1.82) is 0 Å². The van der Waals surface area contributed by atoms with Crippen LogP contribution in [0.4, 0.5) is 11.4 Å². The van der Waals surface area contributed by atoms with Crippen molar-refractivity contribution in [3.8, 4) is 0 Å². The molecule has 1 heterocycles. The van der Waals surface area contributed by atoms with E-state index >= 15 is 0 Å². The summed E-state index contributed by atoms with van der Waals surface area (Å²) >= 11 is 0. The number of carbonyl (C=O) groups is 2. The van der Waals surface area contributed by atoms with E-state index in [0.717, 1.165) is 6.42 Å². The molecule has 6 nitrogen and oxygen atoms in total. The zero-order valence-corrected chi connectivity index (χ0v) is 9.85. The number of nitrogens with two attached hydrogens (primary N) is 1. The van der Waals surface area contributed by atoms with E-state index in [1.54, 1.807) is 6.07 Å². The quantitative estimate of drug-likeness (QED) is 0.655. The number of amides is 1. The third kappa shape index (κ3) is 2.53. The van der Waals surface area contributed by atoms with Crippen LogP contribution in [0.5, 0.6) is 0 Å². The molecule has 1 aliphatic rings. The van der Waals surface area contributed by atoms with Crippen LogP contribution in [0.1, 0.15) is 16.8 Å². The summed E-state index contributed by atoms with van der Waals surface area (Å²) in [6.45, 7) is 1.51. The molecule has 0 bridgehead atoms. The second kappa shape index (κ2) is 4.95. The first-order valence-electron chi connectivity index (χ1n) is 5.72. The number of benzene rings is 1. The van der Waals surface area contributed by atoms with Crippen LogP contribution in [0, 0.1) is 0 Å². The lowest BCUT2D eigenvalue weighted by Crippen LogP contribution is -2.33. The summed E-state index contributed by atoms with van der Waals surface area (Å²) in [6.07, 6.45) is 0.808. The molecule has 0 radical (unpaired) electrons. The van der Waals surface area contributed by atoms with Gasteiger partial charge in [-0.25, -0.2) is 4.79 Å². The molecule has 0 aliphatic carbocycles. The molecule has 1 aromatic carbocycles. The normalized spacial score (nSPS) is 16.0. The number of rotatable bonds is 2. The molecule has 1 amide bonds. The molecule has 6 heteroatoms. The van der Waals surface area contributed by atoms with Crippen molar-refractivity contribution in [2.24, 2.45) is 0 Å². The molecule has 0 saturated carbocycles. The Hall–Kier alpha value is -2.24. The van der Waals surface area contributed by atoms with Gasteiger partial charge in [-0.3, -0.25) is 4.79 Å². The SMILES string of the molecule is Nc1ccc(C(=O)O)cc1N1CCCNC(=O)C1. The predicted molar refractivity (Wildman–Crippen MR) is 67.7 cm³/mol. The van der Waals surface area contributed by atoms with Crippen LogP contribution >= 0.6 is 0 Å². The number of carboxylic acids is 1. The Bertz CT molecular complexity index is 487. The molecule has 0 atom stereocenters. The first kappa shape index (κ1) is 12.2. The number of nitrogens with zero attached hydrogens (tertiary/aromatic N) is 1. The average molecular weight is 249 g/mol. The zero-order valence-electron chi connectivity index (χ0n) is 9.85. The van der Waals surface area contributed by atoms with Crippen molar-refractivity contribution < 1.29 is 14.7 Å². The first-order valence-corrected chi connectivity index (χ1v) is 5.72. The maximum Gasteiger partial charge on any atom is 0.335 e. The van der Waals surface area contributed by atoms with Crippen LogP contribution in [-0.4, -0.2) is 36.6 Å². The Balaban J connectivity index is 2.33. The van der Waals surface area contributed by atoms with E-state index in [1.165, 1.54) is 12.1 Å². The molecule has 0 spiro atoms.